The minimum atomic E-state index is -4.43. The van der Waals surface area contributed by atoms with E-state index in [2.05, 4.69) is 21.8 Å². The summed E-state index contributed by atoms with van der Waals surface area (Å²) in [7, 11) is 2.07. The van der Waals surface area contributed by atoms with Gasteiger partial charge in [0, 0.05) is 31.7 Å². The molecule has 0 amide bonds. The number of likely N-dealkylation sites (N-methyl/N-ethyl adjacent to an activating group) is 1. The molecule has 1 aliphatic rings. The standard InChI is InChI=1S/C20H19F3N4/c1-26-7-9-27(10-8-26)18-13-24-17-12-15(20(21,22)23)11-16(19(17)25-18)14-5-3-2-4-6-14/h2-6,11-13H,7-10H2,1H3. The first-order valence-corrected chi connectivity index (χ1v) is 8.79. The summed E-state index contributed by atoms with van der Waals surface area (Å²) in [6.45, 7) is 3.46. The molecule has 140 valence electrons. The van der Waals surface area contributed by atoms with Crippen molar-refractivity contribution >= 4 is 16.9 Å². The van der Waals surface area contributed by atoms with Crippen molar-refractivity contribution in [3.8, 4) is 11.1 Å². The number of benzene rings is 2. The lowest BCUT2D eigenvalue weighted by Crippen LogP contribution is -2.44. The molecule has 2 aromatic carbocycles. The Balaban J connectivity index is 1.86. The van der Waals surface area contributed by atoms with Crippen molar-refractivity contribution in [1.29, 1.82) is 0 Å². The zero-order valence-electron chi connectivity index (χ0n) is 14.9. The third kappa shape index (κ3) is 3.60. The Morgan fingerprint density at radius 2 is 1.67 bits per heavy atom. The predicted molar refractivity (Wildman–Crippen MR) is 99.7 cm³/mol. The Morgan fingerprint density at radius 3 is 2.33 bits per heavy atom. The minimum absolute atomic E-state index is 0.251. The number of hydrogen-bond acceptors (Lipinski definition) is 4. The fourth-order valence-corrected chi connectivity index (χ4v) is 3.30. The highest BCUT2D eigenvalue weighted by Gasteiger charge is 2.32. The normalized spacial score (nSPS) is 16.1. The second-order valence-corrected chi connectivity index (χ2v) is 6.77. The first kappa shape index (κ1) is 17.7. The number of anilines is 1. The fraction of sp³-hybridized carbons (Fsp3) is 0.300. The van der Waals surface area contributed by atoms with E-state index in [0.717, 1.165) is 32.2 Å². The van der Waals surface area contributed by atoms with Crippen molar-refractivity contribution < 1.29 is 13.2 Å². The summed E-state index contributed by atoms with van der Waals surface area (Å²) in [5.74, 6) is 0.701. The molecule has 0 N–H and O–H groups in total. The fourth-order valence-electron chi connectivity index (χ4n) is 3.30. The van der Waals surface area contributed by atoms with Crippen LogP contribution in [-0.4, -0.2) is 48.1 Å². The average molecular weight is 372 g/mol. The van der Waals surface area contributed by atoms with Gasteiger partial charge in [-0.25, -0.2) is 4.98 Å². The number of aromatic nitrogens is 2. The molecule has 1 aromatic heterocycles. The number of fused-ring (bicyclic) bond motifs is 1. The smallest absolute Gasteiger partial charge is 0.353 e. The second kappa shape index (κ2) is 6.81. The summed E-state index contributed by atoms with van der Waals surface area (Å²) in [5.41, 5.74) is 1.17. The highest BCUT2D eigenvalue weighted by Crippen LogP contribution is 2.36. The van der Waals surface area contributed by atoms with Gasteiger partial charge >= 0.3 is 6.18 Å². The quantitative estimate of drug-likeness (QED) is 0.679. The Kier molecular flexibility index (Phi) is 4.47. The minimum Gasteiger partial charge on any atom is -0.353 e. The van der Waals surface area contributed by atoms with Crippen LogP contribution in [-0.2, 0) is 6.18 Å². The number of piperazine rings is 1. The molecule has 0 unspecified atom stereocenters. The van der Waals surface area contributed by atoms with Gasteiger partial charge in [0.25, 0.3) is 0 Å². The molecule has 27 heavy (non-hydrogen) atoms. The van der Waals surface area contributed by atoms with Crippen LogP contribution in [0, 0.1) is 0 Å². The van der Waals surface area contributed by atoms with E-state index in [-0.39, 0.29) is 5.52 Å². The van der Waals surface area contributed by atoms with E-state index >= 15 is 0 Å². The van der Waals surface area contributed by atoms with Gasteiger partial charge in [0.2, 0.25) is 0 Å². The van der Waals surface area contributed by atoms with E-state index in [4.69, 9.17) is 4.98 Å². The summed E-state index contributed by atoms with van der Waals surface area (Å²) >= 11 is 0. The monoisotopic (exact) mass is 372 g/mol. The molecular formula is C20H19F3N4. The van der Waals surface area contributed by atoms with Crippen LogP contribution < -0.4 is 4.90 Å². The molecule has 0 atom stereocenters. The molecule has 1 fully saturated rings. The average Bonchev–Trinajstić information content (AvgIpc) is 2.67. The van der Waals surface area contributed by atoms with E-state index in [1.54, 1.807) is 30.5 Å². The Hall–Kier alpha value is -2.67. The Morgan fingerprint density at radius 1 is 0.963 bits per heavy atom. The topological polar surface area (TPSA) is 32.3 Å². The highest BCUT2D eigenvalue weighted by atomic mass is 19.4. The summed E-state index contributed by atoms with van der Waals surface area (Å²) in [4.78, 5) is 13.4. The van der Waals surface area contributed by atoms with Gasteiger partial charge in [-0.15, -0.1) is 0 Å². The molecule has 0 radical (unpaired) electrons. The largest absolute Gasteiger partial charge is 0.416 e. The molecule has 2 heterocycles. The maximum absolute atomic E-state index is 13.4. The lowest BCUT2D eigenvalue weighted by Gasteiger charge is -2.33. The summed E-state index contributed by atoms with van der Waals surface area (Å²) in [5, 5.41) is 0. The lowest BCUT2D eigenvalue weighted by molar-refractivity contribution is -0.137. The second-order valence-electron chi connectivity index (χ2n) is 6.77. The van der Waals surface area contributed by atoms with Gasteiger partial charge in [-0.3, -0.25) is 4.98 Å². The Bertz CT molecular complexity index is 949. The molecule has 4 rings (SSSR count). The van der Waals surface area contributed by atoms with Crippen LogP contribution in [0.4, 0.5) is 19.0 Å². The molecule has 0 saturated carbocycles. The van der Waals surface area contributed by atoms with Crippen molar-refractivity contribution in [3.05, 3.63) is 54.2 Å². The molecule has 3 aromatic rings. The molecule has 0 bridgehead atoms. The third-order valence-electron chi connectivity index (χ3n) is 4.87. The van der Waals surface area contributed by atoms with E-state index in [1.807, 2.05) is 6.07 Å². The van der Waals surface area contributed by atoms with Gasteiger partial charge in [-0.05, 0) is 24.7 Å². The van der Waals surface area contributed by atoms with Gasteiger partial charge in [-0.1, -0.05) is 30.3 Å². The summed E-state index contributed by atoms with van der Waals surface area (Å²) < 4.78 is 40.1. The first-order valence-electron chi connectivity index (χ1n) is 8.79. The Labute approximate surface area is 155 Å². The maximum atomic E-state index is 13.4. The summed E-state index contributed by atoms with van der Waals surface area (Å²) in [6, 6.07) is 11.3. The number of halogens is 3. The lowest BCUT2D eigenvalue weighted by atomic mass is 10.0. The molecule has 4 nitrogen and oxygen atoms in total. The molecule has 1 saturated heterocycles. The van der Waals surface area contributed by atoms with Gasteiger partial charge in [-0.2, -0.15) is 13.2 Å². The van der Waals surface area contributed by atoms with E-state index in [0.29, 0.717) is 22.5 Å². The summed E-state index contributed by atoms with van der Waals surface area (Å²) in [6.07, 6.45) is -2.86. The van der Waals surface area contributed by atoms with Crippen molar-refractivity contribution in [2.24, 2.45) is 0 Å². The number of alkyl halides is 3. The van der Waals surface area contributed by atoms with E-state index in [9.17, 15) is 13.2 Å². The van der Waals surface area contributed by atoms with Crippen molar-refractivity contribution in [3.63, 3.8) is 0 Å². The van der Waals surface area contributed by atoms with E-state index in [1.165, 1.54) is 6.07 Å². The van der Waals surface area contributed by atoms with Crippen LogP contribution in [0.3, 0.4) is 0 Å². The van der Waals surface area contributed by atoms with Crippen LogP contribution in [0.5, 0.6) is 0 Å². The van der Waals surface area contributed by atoms with Crippen LogP contribution in [0.2, 0.25) is 0 Å². The molecule has 1 aliphatic heterocycles. The highest BCUT2D eigenvalue weighted by molar-refractivity contribution is 5.93. The van der Waals surface area contributed by atoms with Gasteiger partial charge in [0.05, 0.1) is 22.8 Å². The van der Waals surface area contributed by atoms with Crippen LogP contribution in [0.15, 0.2) is 48.7 Å². The molecule has 0 spiro atoms. The van der Waals surface area contributed by atoms with Crippen molar-refractivity contribution in [2.75, 3.05) is 38.1 Å². The molecule has 7 heteroatoms. The molecule has 0 aliphatic carbocycles. The third-order valence-corrected chi connectivity index (χ3v) is 4.87. The zero-order chi connectivity index (χ0) is 19.0. The molecular weight excluding hydrogens is 353 g/mol. The first-order chi connectivity index (χ1) is 12.9. The van der Waals surface area contributed by atoms with Gasteiger partial charge in [0.1, 0.15) is 5.82 Å². The van der Waals surface area contributed by atoms with Crippen LogP contribution in [0.1, 0.15) is 5.56 Å². The van der Waals surface area contributed by atoms with E-state index < -0.39 is 11.7 Å². The van der Waals surface area contributed by atoms with Crippen molar-refractivity contribution in [1.82, 2.24) is 14.9 Å². The van der Waals surface area contributed by atoms with Gasteiger partial charge in [0.15, 0.2) is 0 Å². The number of nitrogens with zero attached hydrogens (tertiary/aromatic N) is 4. The zero-order valence-corrected chi connectivity index (χ0v) is 14.9. The van der Waals surface area contributed by atoms with Crippen LogP contribution in [0.25, 0.3) is 22.2 Å². The van der Waals surface area contributed by atoms with Gasteiger partial charge < -0.3 is 9.80 Å². The van der Waals surface area contributed by atoms with Crippen molar-refractivity contribution in [2.45, 2.75) is 6.18 Å². The number of hydrogen-bond donors (Lipinski definition) is 0. The SMILES string of the molecule is CN1CCN(c2cnc3cc(C(F)(F)F)cc(-c4ccccc4)c3n2)CC1. The van der Waals surface area contributed by atoms with Crippen LogP contribution >= 0.6 is 0 Å². The number of rotatable bonds is 2. The predicted octanol–water partition coefficient (Wildman–Crippen LogP) is 4.07. The maximum Gasteiger partial charge on any atom is 0.416 e.